The van der Waals surface area contributed by atoms with Crippen LogP contribution in [-0.4, -0.2) is 68.3 Å². The van der Waals surface area contributed by atoms with Gasteiger partial charge in [-0.1, -0.05) is 24.3 Å². The molecule has 1 atom stereocenters. The van der Waals surface area contributed by atoms with Crippen LogP contribution in [-0.2, 0) is 19.1 Å². The van der Waals surface area contributed by atoms with E-state index in [-0.39, 0.29) is 43.6 Å². The maximum Gasteiger partial charge on any atom is 0.307 e. The lowest BCUT2D eigenvalue weighted by molar-refractivity contribution is -0.140. The van der Waals surface area contributed by atoms with Crippen LogP contribution in [0.4, 0.5) is 5.69 Å². The number of hydrogen-bond acceptors (Lipinski definition) is 8. The standard InChI is InChI=1S/C38H40N2O7/c1-6-25-7-14-31-33(22-25)47-34-23-28(39(3)27-9-12-29(41)13-10-27)11-16-32(34)37(31)30-15-8-26(21-24(30)2)38(44)40(19-17-35(42)45-4)20-18-36(43)46-5/h6-9,11-16,21-23,27,41H,10,17-20H2,1-5H3/b25-6-. The van der Waals surface area contributed by atoms with Crippen LogP contribution in [0.3, 0.4) is 0 Å². The Morgan fingerprint density at radius 3 is 2.26 bits per heavy atom. The molecule has 9 heteroatoms. The molecule has 244 valence electrons. The summed E-state index contributed by atoms with van der Waals surface area (Å²) < 4.78 is 16.1. The number of likely N-dealkylation sites (N-methyl/N-ethyl adjacent to an activating group) is 1. The van der Waals surface area contributed by atoms with Crippen molar-refractivity contribution in [2.45, 2.75) is 39.2 Å². The van der Waals surface area contributed by atoms with Crippen molar-refractivity contribution in [2.75, 3.05) is 39.3 Å². The number of rotatable bonds is 10. The Labute approximate surface area is 274 Å². The highest BCUT2D eigenvalue weighted by Crippen LogP contribution is 2.39. The van der Waals surface area contributed by atoms with Gasteiger partial charge in [0.15, 0.2) is 0 Å². The number of aryl methyl sites for hydroxylation is 1. The van der Waals surface area contributed by atoms with Crippen molar-refractivity contribution in [2.24, 2.45) is 0 Å². The summed E-state index contributed by atoms with van der Waals surface area (Å²) >= 11 is 0. The smallest absolute Gasteiger partial charge is 0.307 e. The maximum absolute atomic E-state index is 13.7. The van der Waals surface area contributed by atoms with Gasteiger partial charge in [0.25, 0.3) is 5.91 Å². The van der Waals surface area contributed by atoms with E-state index in [0.29, 0.717) is 12.0 Å². The first-order chi connectivity index (χ1) is 22.6. The summed E-state index contributed by atoms with van der Waals surface area (Å²) in [6.07, 6.45) is 8.27. The number of fused-ring (bicyclic) bond motifs is 2. The molecule has 1 aliphatic carbocycles. The van der Waals surface area contributed by atoms with Crippen LogP contribution in [0.5, 0.6) is 11.5 Å². The molecule has 0 fully saturated rings. The van der Waals surface area contributed by atoms with Gasteiger partial charge in [-0.25, -0.2) is 0 Å². The average Bonchev–Trinajstić information content (AvgIpc) is 3.09. The van der Waals surface area contributed by atoms with E-state index in [1.807, 2.05) is 63.4 Å². The van der Waals surface area contributed by atoms with Gasteiger partial charge in [-0.05, 0) is 85.2 Å². The molecule has 0 bridgehead atoms. The molecule has 5 rings (SSSR count). The molecule has 1 N–H and O–H groups in total. The van der Waals surface area contributed by atoms with Crippen LogP contribution in [0.2, 0.25) is 0 Å². The van der Waals surface area contributed by atoms with E-state index in [9.17, 15) is 19.5 Å². The number of carbonyl (C=O) groups is 3. The molecule has 1 heterocycles. The molecular formula is C38H40N2O7. The lowest BCUT2D eigenvalue weighted by Crippen LogP contribution is -2.35. The zero-order valence-corrected chi connectivity index (χ0v) is 27.4. The Hall–Kier alpha value is -5.31. The van der Waals surface area contributed by atoms with Gasteiger partial charge in [-0.3, -0.25) is 14.4 Å². The second-order valence-electron chi connectivity index (χ2n) is 11.6. The summed E-state index contributed by atoms with van der Waals surface area (Å²) in [7, 11) is 4.62. The van der Waals surface area contributed by atoms with E-state index in [4.69, 9.17) is 14.2 Å². The predicted octanol–water partition coefficient (Wildman–Crippen LogP) is 4.92. The lowest BCUT2D eigenvalue weighted by Gasteiger charge is -2.30. The molecule has 0 saturated carbocycles. The summed E-state index contributed by atoms with van der Waals surface area (Å²) in [6.45, 7) is 4.18. The minimum absolute atomic E-state index is 0.0104. The fourth-order valence-electron chi connectivity index (χ4n) is 5.89. The highest BCUT2D eigenvalue weighted by Gasteiger charge is 2.25. The van der Waals surface area contributed by atoms with Crippen LogP contribution >= 0.6 is 0 Å². The summed E-state index contributed by atoms with van der Waals surface area (Å²) in [5.74, 6) is 0.571. The average molecular weight is 637 g/mol. The normalized spacial score (nSPS) is 15.2. The Morgan fingerprint density at radius 1 is 0.936 bits per heavy atom. The van der Waals surface area contributed by atoms with Gasteiger partial charge < -0.3 is 29.1 Å². The molecule has 0 spiro atoms. The van der Waals surface area contributed by atoms with Crippen molar-refractivity contribution in [1.29, 1.82) is 0 Å². The zero-order valence-electron chi connectivity index (χ0n) is 27.4. The van der Waals surface area contributed by atoms with Gasteiger partial charge in [0.2, 0.25) is 0 Å². The number of methoxy groups -OCH3 is 2. The number of ether oxygens (including phenoxy) is 3. The van der Waals surface area contributed by atoms with Gasteiger partial charge in [-0.2, -0.15) is 0 Å². The molecule has 3 aromatic carbocycles. The van der Waals surface area contributed by atoms with Crippen molar-refractivity contribution in [1.82, 2.24) is 4.90 Å². The number of anilines is 1. The Morgan fingerprint density at radius 2 is 1.64 bits per heavy atom. The van der Waals surface area contributed by atoms with Crippen LogP contribution < -0.4 is 20.1 Å². The summed E-state index contributed by atoms with van der Waals surface area (Å²) in [5, 5.41) is 11.8. The quantitative estimate of drug-likeness (QED) is 0.245. The van der Waals surface area contributed by atoms with Crippen LogP contribution in [0.25, 0.3) is 11.6 Å². The highest BCUT2D eigenvalue weighted by molar-refractivity contribution is 5.96. The van der Waals surface area contributed by atoms with Gasteiger partial charge in [0.05, 0.1) is 33.1 Å². The number of hydrogen-bond donors (Lipinski definition) is 1. The maximum atomic E-state index is 13.7. The number of esters is 2. The molecule has 3 aromatic rings. The van der Waals surface area contributed by atoms with Gasteiger partial charge in [-0.15, -0.1) is 0 Å². The molecule has 0 aromatic heterocycles. The minimum Gasteiger partial charge on any atom is -0.508 e. The van der Waals surface area contributed by atoms with Crippen molar-refractivity contribution in [3.05, 3.63) is 111 Å². The lowest BCUT2D eigenvalue weighted by atomic mass is 9.89. The van der Waals surface area contributed by atoms with Crippen molar-refractivity contribution in [3.8, 4) is 11.5 Å². The topological polar surface area (TPSA) is 106 Å². The van der Waals surface area contributed by atoms with Gasteiger partial charge in [0, 0.05) is 53.8 Å². The predicted molar refractivity (Wildman–Crippen MR) is 181 cm³/mol. The van der Waals surface area contributed by atoms with E-state index in [2.05, 4.69) is 29.2 Å². The monoisotopic (exact) mass is 636 g/mol. The first-order valence-electron chi connectivity index (χ1n) is 15.6. The molecule has 1 aliphatic heterocycles. The highest BCUT2D eigenvalue weighted by atomic mass is 16.5. The van der Waals surface area contributed by atoms with E-state index in [0.717, 1.165) is 49.9 Å². The molecule has 0 saturated heterocycles. The Kier molecular flexibility index (Phi) is 10.1. The second-order valence-corrected chi connectivity index (χ2v) is 11.6. The van der Waals surface area contributed by atoms with Crippen molar-refractivity contribution >= 4 is 35.2 Å². The van der Waals surface area contributed by atoms with Crippen LogP contribution in [0, 0.1) is 6.92 Å². The van der Waals surface area contributed by atoms with Crippen molar-refractivity contribution in [3.63, 3.8) is 0 Å². The van der Waals surface area contributed by atoms with Gasteiger partial charge >= 0.3 is 11.9 Å². The summed E-state index contributed by atoms with van der Waals surface area (Å²) in [5.41, 5.74) is 5.19. The second kappa shape index (κ2) is 14.4. The molecule has 1 amide bonds. The van der Waals surface area contributed by atoms with Crippen molar-refractivity contribution < 1.29 is 33.7 Å². The van der Waals surface area contributed by atoms with E-state index in [1.54, 1.807) is 12.1 Å². The number of amides is 1. The number of carbonyl (C=O) groups excluding carboxylic acids is 3. The molecule has 9 nitrogen and oxygen atoms in total. The van der Waals surface area contributed by atoms with E-state index in [1.165, 1.54) is 19.1 Å². The zero-order chi connectivity index (χ0) is 33.7. The van der Waals surface area contributed by atoms with Gasteiger partial charge in [0.1, 0.15) is 17.3 Å². The third-order valence-electron chi connectivity index (χ3n) is 8.68. The number of nitrogens with zero attached hydrogens (tertiary/aromatic N) is 2. The fourth-order valence-corrected chi connectivity index (χ4v) is 5.89. The first kappa shape index (κ1) is 33.1. The summed E-state index contributed by atoms with van der Waals surface area (Å²) in [6, 6.07) is 18.0. The third kappa shape index (κ3) is 7.25. The molecular weight excluding hydrogens is 596 g/mol. The largest absolute Gasteiger partial charge is 0.508 e. The molecule has 1 unspecified atom stereocenters. The Balaban J connectivity index is 1.53. The van der Waals surface area contributed by atoms with Crippen LogP contribution in [0.1, 0.15) is 53.2 Å². The molecule has 47 heavy (non-hydrogen) atoms. The number of allylic oxidation sites excluding steroid dienone is 1. The summed E-state index contributed by atoms with van der Waals surface area (Å²) in [4.78, 5) is 41.0. The van der Waals surface area contributed by atoms with Crippen LogP contribution in [0.15, 0.2) is 78.6 Å². The molecule has 0 radical (unpaired) electrons. The van der Waals surface area contributed by atoms with E-state index < -0.39 is 11.9 Å². The fraction of sp³-hybridized carbons (Fsp3) is 0.289. The SMILES string of the molecule is C/C=c1/ccc2c(c1)Oc1cc(N(C)C3C=CC(O)=CC3)ccc1C=2c1ccc(C(=O)N(CCC(=O)OC)CCC(=O)OC)cc1C. The van der Waals surface area contributed by atoms with E-state index >= 15 is 0 Å². The number of aliphatic hydroxyl groups excluding tert-OH is 1. The minimum atomic E-state index is -0.440. The first-order valence-corrected chi connectivity index (χ1v) is 15.6. The number of benzene rings is 3. The Bertz CT molecular complexity index is 1870. The third-order valence-corrected chi connectivity index (χ3v) is 8.68. The number of aliphatic hydroxyl groups is 1. The molecule has 2 aliphatic rings.